The fourth-order valence-corrected chi connectivity index (χ4v) is 11.6. The summed E-state index contributed by atoms with van der Waals surface area (Å²) in [6.45, 7) is 6.53. The van der Waals surface area contributed by atoms with E-state index in [1.165, 1.54) is 69.6 Å². The summed E-state index contributed by atoms with van der Waals surface area (Å²) in [5, 5.41) is 9.32. The number of aromatic nitrogens is 5. The molecule has 5 aromatic heterocycles. The van der Waals surface area contributed by atoms with Gasteiger partial charge in [0, 0.05) is 80.4 Å². The number of benzene rings is 9. The molecule has 0 aliphatic heterocycles. The molecule has 0 radical (unpaired) electrons. The average Bonchev–Trinajstić information content (AvgIpc) is 4.18. The van der Waals surface area contributed by atoms with Crippen molar-refractivity contribution in [3.8, 4) is 45.3 Å². The average molecular weight is 928 g/mol. The standard InChI is InChI=1S/C64H41N5OS/c1-3-58-51(34-39(2)62-65-63(40-16-6-4-7-17-40)67-64(66-62)41-18-8-5-9-19-41)52-37-44(28-32-59(52)70-58)68-54-23-13-10-20-46(54)49-35-42(26-30-56(49)68)43-27-31-57-50(36-43)47-21-11-14-24-55(47)69(57)45-29-33-61-53(38-45)48-22-12-15-25-60(48)71-61/h3-38H,2H2,1H3/b51-34-,58-3+. The molecule has 14 aromatic rings. The number of hydrogen-bond acceptors (Lipinski definition) is 5. The van der Waals surface area contributed by atoms with Crippen molar-refractivity contribution in [3.05, 3.63) is 229 Å². The lowest BCUT2D eigenvalue weighted by Gasteiger charge is -2.10. The molecule has 0 unspecified atom stereocenters. The predicted molar refractivity (Wildman–Crippen MR) is 297 cm³/mol. The highest BCUT2D eigenvalue weighted by atomic mass is 32.1. The number of para-hydroxylation sites is 2. The molecule has 0 spiro atoms. The van der Waals surface area contributed by atoms with Crippen LogP contribution in [0.3, 0.4) is 0 Å². The lowest BCUT2D eigenvalue weighted by Crippen LogP contribution is -2.20. The van der Waals surface area contributed by atoms with E-state index in [1.54, 1.807) is 0 Å². The van der Waals surface area contributed by atoms with Crippen LogP contribution >= 0.6 is 11.3 Å². The maximum Gasteiger partial charge on any atom is 0.164 e. The van der Waals surface area contributed by atoms with Crippen LogP contribution in [-0.2, 0) is 0 Å². The maximum atomic E-state index is 6.50. The number of fused-ring (bicyclic) bond motifs is 10. The monoisotopic (exact) mass is 927 g/mol. The van der Waals surface area contributed by atoms with Crippen LogP contribution in [0.2, 0.25) is 0 Å². The molecular formula is C64H41N5OS. The van der Waals surface area contributed by atoms with E-state index in [4.69, 9.17) is 19.4 Å². The minimum atomic E-state index is 0.498. The SMILES string of the molecule is C=C(/C=c1\c(=C/C)oc2ccc(-n3c4ccccc4c4cc(-c5ccc6c(c5)c5ccccc5n6-c5ccc6sc7ccccc7c6c5)ccc43)cc12)c1nc(-c2ccccc2)nc(-c2ccccc2)n1. The van der Waals surface area contributed by atoms with Crippen LogP contribution in [0.15, 0.2) is 217 Å². The van der Waals surface area contributed by atoms with E-state index >= 15 is 0 Å². The summed E-state index contributed by atoms with van der Waals surface area (Å²) in [4.78, 5) is 14.8. The third-order valence-electron chi connectivity index (χ3n) is 13.9. The lowest BCUT2D eigenvalue weighted by molar-refractivity contribution is 0.575. The molecule has 6 nitrogen and oxygen atoms in total. The van der Waals surface area contributed by atoms with Crippen molar-refractivity contribution in [2.45, 2.75) is 6.92 Å². The zero-order valence-corrected chi connectivity index (χ0v) is 39.4. The first-order valence-corrected chi connectivity index (χ1v) is 24.6. The summed E-state index contributed by atoms with van der Waals surface area (Å²) in [5.41, 5.74) is 13.2. The normalized spacial score (nSPS) is 12.5. The van der Waals surface area contributed by atoms with Crippen molar-refractivity contribution in [3.63, 3.8) is 0 Å². The maximum absolute atomic E-state index is 6.50. The van der Waals surface area contributed by atoms with Crippen LogP contribution < -0.4 is 10.6 Å². The van der Waals surface area contributed by atoms with Gasteiger partial charge in [0.25, 0.3) is 0 Å². The Hall–Kier alpha value is -9.17. The van der Waals surface area contributed by atoms with Crippen LogP contribution in [0, 0.1) is 0 Å². The van der Waals surface area contributed by atoms with Gasteiger partial charge in [0.2, 0.25) is 0 Å². The fraction of sp³-hybridized carbons (Fsp3) is 0.0156. The first kappa shape index (κ1) is 40.9. The minimum absolute atomic E-state index is 0.498. The molecule has 14 rings (SSSR count). The molecule has 0 aliphatic rings. The Balaban J connectivity index is 0.880. The van der Waals surface area contributed by atoms with Crippen molar-refractivity contribution in [1.82, 2.24) is 24.1 Å². The molecule has 0 fully saturated rings. The third-order valence-corrected chi connectivity index (χ3v) is 15.0. The van der Waals surface area contributed by atoms with E-state index < -0.39 is 0 Å². The van der Waals surface area contributed by atoms with E-state index in [0.29, 0.717) is 23.0 Å². The van der Waals surface area contributed by atoms with Crippen LogP contribution in [0.4, 0.5) is 0 Å². The molecule has 7 heteroatoms. The zero-order chi connectivity index (χ0) is 47.2. The smallest absolute Gasteiger partial charge is 0.164 e. The largest absolute Gasteiger partial charge is 0.456 e. The van der Waals surface area contributed by atoms with Gasteiger partial charge in [0.15, 0.2) is 17.5 Å². The summed E-state index contributed by atoms with van der Waals surface area (Å²) in [5.74, 6) is 1.67. The van der Waals surface area contributed by atoms with E-state index in [9.17, 15) is 0 Å². The number of nitrogens with zero attached hydrogens (tertiary/aromatic N) is 5. The first-order chi connectivity index (χ1) is 35.0. The van der Waals surface area contributed by atoms with Gasteiger partial charge in [-0.05, 0) is 109 Å². The van der Waals surface area contributed by atoms with Crippen molar-refractivity contribution in [1.29, 1.82) is 0 Å². The Morgan fingerprint density at radius 2 is 0.958 bits per heavy atom. The van der Waals surface area contributed by atoms with Gasteiger partial charge in [-0.3, -0.25) is 0 Å². The van der Waals surface area contributed by atoms with E-state index in [-0.39, 0.29) is 0 Å². The van der Waals surface area contributed by atoms with E-state index in [0.717, 1.165) is 49.5 Å². The van der Waals surface area contributed by atoms with Crippen molar-refractivity contribution in [2.24, 2.45) is 0 Å². The molecule has 334 valence electrons. The predicted octanol–water partition coefficient (Wildman–Crippen LogP) is 15.5. The second-order valence-corrected chi connectivity index (χ2v) is 19.1. The molecule has 0 saturated carbocycles. The summed E-state index contributed by atoms with van der Waals surface area (Å²) in [6.07, 6.45) is 4.04. The van der Waals surface area contributed by atoms with Gasteiger partial charge in [-0.25, -0.2) is 15.0 Å². The van der Waals surface area contributed by atoms with Crippen LogP contribution in [0.1, 0.15) is 12.7 Å². The number of furan rings is 1. The Morgan fingerprint density at radius 3 is 1.56 bits per heavy atom. The zero-order valence-electron chi connectivity index (χ0n) is 38.5. The topological polar surface area (TPSA) is 61.7 Å². The van der Waals surface area contributed by atoms with Gasteiger partial charge < -0.3 is 13.6 Å². The van der Waals surface area contributed by atoms with E-state index in [2.05, 4.69) is 161 Å². The lowest BCUT2D eigenvalue weighted by atomic mass is 10.0. The van der Waals surface area contributed by atoms with Gasteiger partial charge in [0.1, 0.15) is 11.0 Å². The molecular weight excluding hydrogens is 887 g/mol. The van der Waals surface area contributed by atoms with Crippen LogP contribution in [0.5, 0.6) is 0 Å². The second kappa shape index (κ2) is 16.2. The Labute approximate surface area is 411 Å². The Kier molecular flexibility index (Phi) is 9.34. The molecule has 0 atom stereocenters. The molecule has 0 N–H and O–H groups in total. The number of thiophene rings is 1. The van der Waals surface area contributed by atoms with Gasteiger partial charge in [0.05, 0.1) is 22.1 Å². The molecule has 0 aliphatic carbocycles. The quantitative estimate of drug-likeness (QED) is 0.160. The molecule has 71 heavy (non-hydrogen) atoms. The van der Waals surface area contributed by atoms with Gasteiger partial charge in [-0.15, -0.1) is 11.3 Å². The van der Waals surface area contributed by atoms with Gasteiger partial charge >= 0.3 is 0 Å². The van der Waals surface area contributed by atoms with Gasteiger partial charge in [-0.1, -0.05) is 134 Å². The molecule has 9 aromatic carbocycles. The van der Waals surface area contributed by atoms with E-state index in [1.807, 2.05) is 91.1 Å². The highest BCUT2D eigenvalue weighted by Gasteiger charge is 2.19. The Bertz CT molecular complexity index is 4560. The Morgan fingerprint density at radius 1 is 0.451 bits per heavy atom. The third kappa shape index (κ3) is 6.66. The molecule has 0 amide bonds. The number of rotatable bonds is 7. The van der Waals surface area contributed by atoms with Crippen molar-refractivity contribution in [2.75, 3.05) is 0 Å². The highest BCUT2D eigenvalue weighted by Crippen LogP contribution is 2.40. The van der Waals surface area contributed by atoms with Crippen LogP contribution in [0.25, 0.3) is 138 Å². The van der Waals surface area contributed by atoms with Crippen LogP contribution in [-0.4, -0.2) is 24.1 Å². The second-order valence-electron chi connectivity index (χ2n) is 18.0. The summed E-state index contributed by atoms with van der Waals surface area (Å²) in [7, 11) is 0. The molecule has 0 bridgehead atoms. The first-order valence-electron chi connectivity index (χ1n) is 23.8. The molecule has 0 saturated heterocycles. The highest BCUT2D eigenvalue weighted by molar-refractivity contribution is 7.25. The summed E-state index contributed by atoms with van der Waals surface area (Å²) < 4.78 is 13.9. The minimum Gasteiger partial charge on any atom is -0.456 e. The fourth-order valence-electron chi connectivity index (χ4n) is 10.5. The summed E-state index contributed by atoms with van der Waals surface area (Å²) in [6, 6.07) is 73.4. The molecule has 5 heterocycles. The summed E-state index contributed by atoms with van der Waals surface area (Å²) >= 11 is 1.85. The van der Waals surface area contributed by atoms with Gasteiger partial charge in [-0.2, -0.15) is 0 Å². The van der Waals surface area contributed by atoms with Crippen molar-refractivity contribution >= 4 is 104 Å². The van der Waals surface area contributed by atoms with Crippen molar-refractivity contribution < 1.29 is 4.42 Å². The number of hydrogen-bond donors (Lipinski definition) is 0. The number of allylic oxidation sites excluding steroid dienone is 1.